The first-order valence-electron chi connectivity index (χ1n) is 5.37. The topological polar surface area (TPSA) is 57.6 Å². The van der Waals surface area contributed by atoms with Gasteiger partial charge in [-0.3, -0.25) is 0 Å². The molecule has 0 aliphatic rings. The van der Waals surface area contributed by atoms with Crippen LogP contribution in [0.5, 0.6) is 11.5 Å². The Kier molecular flexibility index (Phi) is 3.93. The first-order chi connectivity index (χ1) is 8.67. The fourth-order valence-corrected chi connectivity index (χ4v) is 2.17. The average Bonchev–Trinajstić information content (AvgIpc) is 2.83. The van der Waals surface area contributed by atoms with Crippen molar-refractivity contribution < 1.29 is 13.9 Å². The molecule has 0 saturated heterocycles. The van der Waals surface area contributed by atoms with Gasteiger partial charge in [-0.2, -0.15) is 0 Å². The summed E-state index contributed by atoms with van der Waals surface area (Å²) in [5.41, 5.74) is 7.05. The van der Waals surface area contributed by atoms with Crippen LogP contribution in [0.2, 0.25) is 0 Å². The molecule has 0 aliphatic heterocycles. The summed E-state index contributed by atoms with van der Waals surface area (Å²) in [4.78, 5) is 0. The predicted molar refractivity (Wildman–Crippen MR) is 72.0 cm³/mol. The molecule has 1 aromatic carbocycles. The quantitative estimate of drug-likeness (QED) is 0.942. The maximum atomic E-state index is 6.16. The lowest BCUT2D eigenvalue weighted by molar-refractivity contribution is 0.354. The minimum absolute atomic E-state index is 0.353. The van der Waals surface area contributed by atoms with E-state index in [9.17, 15) is 0 Å². The van der Waals surface area contributed by atoms with E-state index in [0.717, 1.165) is 10.0 Å². The Balaban J connectivity index is 2.37. The summed E-state index contributed by atoms with van der Waals surface area (Å²) in [7, 11) is 3.19. The normalized spacial score (nSPS) is 12.2. The fourth-order valence-electron chi connectivity index (χ4n) is 1.72. The lowest BCUT2D eigenvalue weighted by atomic mass is 10.0. The molecule has 0 saturated carbocycles. The number of hydrogen-bond acceptors (Lipinski definition) is 4. The molecule has 2 rings (SSSR count). The molecule has 0 fully saturated rings. The van der Waals surface area contributed by atoms with Crippen molar-refractivity contribution in [1.29, 1.82) is 0 Å². The summed E-state index contributed by atoms with van der Waals surface area (Å²) < 4.78 is 16.7. The van der Waals surface area contributed by atoms with E-state index in [1.807, 2.05) is 24.3 Å². The van der Waals surface area contributed by atoms with Crippen LogP contribution in [0.25, 0.3) is 0 Å². The third-order valence-corrected chi connectivity index (χ3v) is 3.35. The minimum Gasteiger partial charge on any atom is -0.493 e. The van der Waals surface area contributed by atoms with Gasteiger partial charge >= 0.3 is 0 Å². The Bertz CT molecular complexity index is 539. The summed E-state index contributed by atoms with van der Waals surface area (Å²) in [5, 5.41) is 0. The highest BCUT2D eigenvalue weighted by Crippen LogP contribution is 2.33. The van der Waals surface area contributed by atoms with Crippen molar-refractivity contribution in [2.75, 3.05) is 14.2 Å². The molecule has 1 atom stereocenters. The van der Waals surface area contributed by atoms with Gasteiger partial charge in [0, 0.05) is 0 Å². The lowest BCUT2D eigenvalue weighted by Gasteiger charge is -2.13. The highest BCUT2D eigenvalue weighted by atomic mass is 79.9. The molecule has 1 unspecified atom stereocenters. The van der Waals surface area contributed by atoms with E-state index in [-0.39, 0.29) is 6.04 Å². The summed E-state index contributed by atoms with van der Waals surface area (Å²) in [6, 6.07) is 7.02. The third-order valence-electron chi connectivity index (χ3n) is 2.69. The molecular weight excluding hydrogens is 298 g/mol. The molecule has 18 heavy (non-hydrogen) atoms. The van der Waals surface area contributed by atoms with Gasteiger partial charge in [-0.05, 0) is 39.7 Å². The Morgan fingerprint density at radius 3 is 2.44 bits per heavy atom. The molecule has 2 N–H and O–H groups in total. The van der Waals surface area contributed by atoms with Crippen molar-refractivity contribution in [1.82, 2.24) is 0 Å². The minimum atomic E-state index is -0.353. The van der Waals surface area contributed by atoms with E-state index < -0.39 is 0 Å². The zero-order valence-electron chi connectivity index (χ0n) is 10.1. The van der Waals surface area contributed by atoms with Gasteiger partial charge in [0.2, 0.25) is 0 Å². The van der Waals surface area contributed by atoms with Crippen molar-refractivity contribution in [3.05, 3.63) is 46.3 Å². The van der Waals surface area contributed by atoms with E-state index in [0.29, 0.717) is 17.3 Å². The Morgan fingerprint density at radius 2 is 1.89 bits per heavy atom. The number of halogens is 1. The van der Waals surface area contributed by atoms with Crippen LogP contribution >= 0.6 is 15.9 Å². The maximum Gasteiger partial charge on any atom is 0.161 e. The van der Waals surface area contributed by atoms with Gasteiger partial charge in [0.25, 0.3) is 0 Å². The summed E-state index contributed by atoms with van der Waals surface area (Å²) in [6.45, 7) is 0. The van der Waals surface area contributed by atoms with Crippen LogP contribution in [0.3, 0.4) is 0 Å². The van der Waals surface area contributed by atoms with E-state index in [2.05, 4.69) is 15.9 Å². The van der Waals surface area contributed by atoms with Gasteiger partial charge in [-0.15, -0.1) is 0 Å². The first kappa shape index (κ1) is 13.0. The van der Waals surface area contributed by atoms with Gasteiger partial charge in [0.1, 0.15) is 5.76 Å². The van der Waals surface area contributed by atoms with Crippen molar-refractivity contribution in [3.63, 3.8) is 0 Å². The van der Waals surface area contributed by atoms with Gasteiger partial charge in [-0.1, -0.05) is 6.07 Å². The first-order valence-corrected chi connectivity index (χ1v) is 6.17. The SMILES string of the molecule is COc1ccc(C(N)c2occc2Br)cc1OC. The molecule has 5 heteroatoms. The number of hydrogen-bond donors (Lipinski definition) is 1. The molecule has 0 amide bonds. The van der Waals surface area contributed by atoms with Gasteiger partial charge in [-0.25, -0.2) is 0 Å². The number of rotatable bonds is 4. The molecule has 96 valence electrons. The third kappa shape index (κ3) is 2.37. The van der Waals surface area contributed by atoms with Crippen LogP contribution in [0.1, 0.15) is 17.4 Å². The standard InChI is InChI=1S/C13H14BrNO3/c1-16-10-4-3-8(7-11(10)17-2)12(15)13-9(14)5-6-18-13/h3-7,12H,15H2,1-2H3. The van der Waals surface area contributed by atoms with Crippen molar-refractivity contribution in [2.45, 2.75) is 6.04 Å². The zero-order chi connectivity index (χ0) is 13.1. The molecule has 2 aromatic rings. The van der Waals surface area contributed by atoms with E-state index in [1.165, 1.54) is 0 Å². The smallest absolute Gasteiger partial charge is 0.161 e. The van der Waals surface area contributed by atoms with Crippen LogP contribution in [0, 0.1) is 0 Å². The molecular formula is C13H14BrNO3. The van der Waals surface area contributed by atoms with Crippen LogP contribution in [0.15, 0.2) is 39.4 Å². The zero-order valence-corrected chi connectivity index (χ0v) is 11.7. The number of ether oxygens (including phenoxy) is 2. The maximum absolute atomic E-state index is 6.16. The number of methoxy groups -OCH3 is 2. The lowest BCUT2D eigenvalue weighted by Crippen LogP contribution is -2.11. The van der Waals surface area contributed by atoms with Gasteiger partial charge < -0.3 is 19.6 Å². The molecule has 0 aliphatic carbocycles. The largest absolute Gasteiger partial charge is 0.493 e. The molecule has 0 bridgehead atoms. The van der Waals surface area contributed by atoms with Crippen molar-refractivity contribution in [2.24, 2.45) is 5.73 Å². The van der Waals surface area contributed by atoms with Crippen LogP contribution < -0.4 is 15.2 Å². The van der Waals surface area contributed by atoms with Crippen LogP contribution in [0.4, 0.5) is 0 Å². The molecule has 1 heterocycles. The van der Waals surface area contributed by atoms with E-state index in [1.54, 1.807) is 20.5 Å². The van der Waals surface area contributed by atoms with Gasteiger partial charge in [0.15, 0.2) is 11.5 Å². The number of nitrogens with two attached hydrogens (primary N) is 1. The van der Waals surface area contributed by atoms with Gasteiger partial charge in [0.05, 0.1) is 31.0 Å². The molecule has 0 radical (unpaired) electrons. The Hall–Kier alpha value is -1.46. The Morgan fingerprint density at radius 1 is 1.17 bits per heavy atom. The second kappa shape index (κ2) is 5.46. The highest BCUT2D eigenvalue weighted by Gasteiger charge is 2.17. The van der Waals surface area contributed by atoms with Crippen molar-refractivity contribution >= 4 is 15.9 Å². The predicted octanol–water partition coefficient (Wildman–Crippen LogP) is 3.11. The number of benzene rings is 1. The second-order valence-electron chi connectivity index (χ2n) is 3.72. The summed E-state index contributed by atoms with van der Waals surface area (Å²) in [5.74, 6) is 2.00. The number of furan rings is 1. The van der Waals surface area contributed by atoms with Crippen LogP contribution in [-0.4, -0.2) is 14.2 Å². The monoisotopic (exact) mass is 311 g/mol. The Labute approximate surface area is 114 Å². The summed E-state index contributed by atoms with van der Waals surface area (Å²) in [6.07, 6.45) is 1.60. The van der Waals surface area contributed by atoms with E-state index in [4.69, 9.17) is 19.6 Å². The summed E-state index contributed by atoms with van der Waals surface area (Å²) >= 11 is 3.40. The van der Waals surface area contributed by atoms with E-state index >= 15 is 0 Å². The van der Waals surface area contributed by atoms with Crippen molar-refractivity contribution in [3.8, 4) is 11.5 Å². The second-order valence-corrected chi connectivity index (χ2v) is 4.58. The molecule has 0 spiro atoms. The fraction of sp³-hybridized carbons (Fsp3) is 0.231. The highest BCUT2D eigenvalue weighted by molar-refractivity contribution is 9.10. The average molecular weight is 312 g/mol. The van der Waals surface area contributed by atoms with Crippen LogP contribution in [-0.2, 0) is 0 Å². The molecule has 1 aromatic heterocycles. The molecule has 4 nitrogen and oxygen atoms in total.